The van der Waals surface area contributed by atoms with Crippen molar-refractivity contribution in [3.05, 3.63) is 94.5 Å². The third kappa shape index (κ3) is 13.4. The highest BCUT2D eigenvalue weighted by Crippen LogP contribution is 2.23. The number of carboxylic acids is 1. The van der Waals surface area contributed by atoms with Crippen molar-refractivity contribution in [3.63, 3.8) is 0 Å². The molecule has 0 aliphatic carbocycles. The number of aryl methyl sites for hydroxylation is 1. The van der Waals surface area contributed by atoms with Crippen LogP contribution in [0.15, 0.2) is 66.7 Å². The minimum Gasteiger partial charge on any atom is -0.497 e. The maximum absolute atomic E-state index is 11.7. The molecule has 0 heterocycles. The molecule has 3 rings (SSSR count). The third-order valence-corrected chi connectivity index (χ3v) is 7.61. The summed E-state index contributed by atoms with van der Waals surface area (Å²) in [6.45, 7) is 5.09. The van der Waals surface area contributed by atoms with E-state index in [-0.39, 0.29) is 6.54 Å². The summed E-state index contributed by atoms with van der Waals surface area (Å²) in [5, 5.41) is 57.0. The Hall–Kier alpha value is -3.95. The van der Waals surface area contributed by atoms with Gasteiger partial charge < -0.3 is 45.6 Å². The van der Waals surface area contributed by atoms with E-state index >= 15 is 0 Å². The number of aliphatic hydroxyl groups is 5. The van der Waals surface area contributed by atoms with Gasteiger partial charge in [0.2, 0.25) is 0 Å². The fraction of sp³-hybridized carbons (Fsp3) is 0.432. The molecule has 0 aliphatic rings. The summed E-state index contributed by atoms with van der Waals surface area (Å²) >= 11 is 0. The zero-order valence-corrected chi connectivity index (χ0v) is 27.8. The summed E-state index contributed by atoms with van der Waals surface area (Å²) < 4.78 is 5.19. The molecule has 4 atom stereocenters. The number of carbonyl (C=O) groups is 1. The molecule has 0 aromatic heterocycles. The topological polar surface area (TPSA) is 163 Å². The minimum absolute atomic E-state index is 0.0936. The van der Waals surface area contributed by atoms with Crippen LogP contribution in [0.25, 0.3) is 0 Å². The van der Waals surface area contributed by atoms with Crippen LogP contribution in [-0.2, 0) is 6.54 Å². The molecule has 0 fully saturated rings. The number of hydrogen-bond acceptors (Lipinski definition) is 9. The van der Waals surface area contributed by atoms with Crippen LogP contribution in [0.4, 0.5) is 5.69 Å². The molecule has 0 bridgehead atoms. The number of benzene rings is 3. The lowest BCUT2D eigenvalue weighted by molar-refractivity contribution is -0.113. The maximum Gasteiger partial charge on any atom is 0.336 e. The highest BCUT2D eigenvalue weighted by molar-refractivity contribution is 5.90. The van der Waals surface area contributed by atoms with Gasteiger partial charge in [-0.15, -0.1) is 0 Å². The molecule has 0 amide bonds. The second-order valence-corrected chi connectivity index (χ2v) is 11.3. The van der Waals surface area contributed by atoms with E-state index in [1.807, 2.05) is 55.5 Å². The van der Waals surface area contributed by atoms with E-state index in [2.05, 4.69) is 41.1 Å². The van der Waals surface area contributed by atoms with Crippen molar-refractivity contribution >= 4 is 11.7 Å². The smallest absolute Gasteiger partial charge is 0.336 e. The Balaban J connectivity index is 0.000000500. The van der Waals surface area contributed by atoms with Gasteiger partial charge in [0.15, 0.2) is 0 Å². The molecule has 0 unspecified atom stereocenters. The van der Waals surface area contributed by atoms with Gasteiger partial charge in [0, 0.05) is 36.4 Å². The second-order valence-electron chi connectivity index (χ2n) is 11.3. The van der Waals surface area contributed by atoms with E-state index in [1.165, 1.54) is 24.8 Å². The summed E-state index contributed by atoms with van der Waals surface area (Å²) in [7, 11) is 3.23. The molecule has 0 spiro atoms. The lowest BCUT2D eigenvalue weighted by atomic mass is 10.0. The minimum atomic E-state index is -1.55. The Labute approximate surface area is 278 Å². The first-order valence-electron chi connectivity index (χ1n) is 15.9. The van der Waals surface area contributed by atoms with E-state index in [0.29, 0.717) is 5.56 Å². The number of unbranched alkanes of at least 4 members (excludes halogenated alkanes) is 3. The second kappa shape index (κ2) is 21.0. The molecule has 47 heavy (non-hydrogen) atoms. The third-order valence-electron chi connectivity index (χ3n) is 7.61. The van der Waals surface area contributed by atoms with E-state index in [0.717, 1.165) is 47.6 Å². The molecule has 7 N–H and O–H groups in total. The van der Waals surface area contributed by atoms with Crippen LogP contribution in [0.5, 0.6) is 5.75 Å². The first-order chi connectivity index (χ1) is 22.5. The number of methoxy groups -OCH3 is 1. The molecule has 10 nitrogen and oxygen atoms in total. The largest absolute Gasteiger partial charge is 0.497 e. The van der Waals surface area contributed by atoms with Crippen LogP contribution in [0, 0.1) is 18.8 Å². The Morgan fingerprint density at radius 1 is 0.872 bits per heavy atom. The normalized spacial score (nSPS) is 13.2. The summed E-state index contributed by atoms with van der Waals surface area (Å²) in [5.41, 5.74) is 5.15. The molecule has 0 aliphatic heterocycles. The summed E-state index contributed by atoms with van der Waals surface area (Å²) in [6, 6.07) is 21.7. The molecule has 0 saturated heterocycles. The van der Waals surface area contributed by atoms with E-state index < -0.39 is 37.0 Å². The van der Waals surface area contributed by atoms with Crippen molar-refractivity contribution in [1.82, 2.24) is 5.32 Å². The number of hydrogen-bond donors (Lipinski definition) is 7. The summed E-state index contributed by atoms with van der Waals surface area (Å²) in [6.07, 6.45) is -0.998. The highest BCUT2D eigenvalue weighted by atomic mass is 16.5. The molecule has 0 radical (unpaired) electrons. The molecule has 256 valence electrons. The molecule has 3 aromatic rings. The number of anilines is 1. The zero-order valence-electron chi connectivity index (χ0n) is 27.8. The first kappa shape index (κ1) is 39.2. The average molecular weight is 651 g/mol. The molecular weight excluding hydrogens is 600 g/mol. The van der Waals surface area contributed by atoms with Crippen LogP contribution in [-0.4, -0.2) is 94.9 Å². The number of aliphatic hydroxyl groups excluding tert-OH is 5. The Bertz CT molecular complexity index is 1400. The van der Waals surface area contributed by atoms with Gasteiger partial charge in [-0.1, -0.05) is 56.2 Å². The lowest BCUT2D eigenvalue weighted by Gasteiger charge is -2.26. The van der Waals surface area contributed by atoms with Crippen molar-refractivity contribution in [3.8, 4) is 17.6 Å². The van der Waals surface area contributed by atoms with Crippen LogP contribution in [0.1, 0.15) is 65.2 Å². The van der Waals surface area contributed by atoms with E-state index in [9.17, 15) is 15.0 Å². The average Bonchev–Trinajstić information content (AvgIpc) is 3.09. The molecule has 10 heteroatoms. The number of aromatic carboxylic acids is 1. The van der Waals surface area contributed by atoms with Gasteiger partial charge in [-0.05, 0) is 80.1 Å². The highest BCUT2D eigenvalue weighted by Gasteiger charge is 2.29. The standard InChI is InChI=1S/C30H33NO3.C7H17NO5/c1-4-5-6-7-20-31(27-17-8-23(2)29(21-27)30(32)33)22-26-13-11-24(12-14-26)9-10-25-15-18-28(34-3)19-16-25;1-8-2-4(10)6(12)7(13)5(11)3-9/h8,11-19,21H,4-7,20,22H2,1-3H3,(H,32,33);4-13H,2-3H2,1H3/t;4-,5+,6+,7+/m.0/s1. The van der Waals surface area contributed by atoms with Gasteiger partial charge in [0.1, 0.15) is 24.1 Å². The van der Waals surface area contributed by atoms with Crippen molar-refractivity contribution in [1.29, 1.82) is 0 Å². The number of likely N-dealkylation sites (N-methyl/N-ethyl adjacent to an activating group) is 1. The summed E-state index contributed by atoms with van der Waals surface area (Å²) in [5.74, 6) is 6.34. The van der Waals surface area contributed by atoms with Crippen LogP contribution in [0.3, 0.4) is 0 Å². The predicted octanol–water partition coefficient (Wildman–Crippen LogP) is 3.33. The molecule has 0 saturated carbocycles. The monoisotopic (exact) mass is 650 g/mol. The quantitative estimate of drug-likeness (QED) is 0.0904. The fourth-order valence-electron chi connectivity index (χ4n) is 4.69. The van der Waals surface area contributed by atoms with Crippen molar-refractivity contribution < 1.29 is 40.2 Å². The fourth-order valence-corrected chi connectivity index (χ4v) is 4.69. The van der Waals surface area contributed by atoms with Crippen LogP contribution >= 0.6 is 0 Å². The van der Waals surface area contributed by atoms with E-state index in [4.69, 9.17) is 25.2 Å². The van der Waals surface area contributed by atoms with Gasteiger partial charge in [-0.25, -0.2) is 4.79 Å². The number of nitrogens with one attached hydrogen (secondary N) is 1. The Morgan fingerprint density at radius 2 is 1.47 bits per heavy atom. The van der Waals surface area contributed by atoms with Gasteiger partial charge in [-0.3, -0.25) is 0 Å². The van der Waals surface area contributed by atoms with Crippen LogP contribution in [0.2, 0.25) is 0 Å². The van der Waals surface area contributed by atoms with Gasteiger partial charge >= 0.3 is 5.97 Å². The van der Waals surface area contributed by atoms with Gasteiger partial charge in [-0.2, -0.15) is 0 Å². The lowest BCUT2D eigenvalue weighted by Crippen LogP contribution is -2.48. The van der Waals surface area contributed by atoms with Crippen LogP contribution < -0.4 is 15.0 Å². The number of rotatable bonds is 16. The predicted molar refractivity (Wildman–Crippen MR) is 184 cm³/mol. The number of nitrogens with zero attached hydrogens (tertiary/aromatic N) is 1. The first-order valence-corrected chi connectivity index (χ1v) is 15.9. The van der Waals surface area contributed by atoms with Crippen molar-refractivity contribution in [2.45, 2.75) is 70.5 Å². The zero-order chi connectivity index (χ0) is 34.8. The van der Waals surface area contributed by atoms with Gasteiger partial charge in [0.05, 0.1) is 25.4 Å². The number of ether oxygens (including phenoxy) is 1. The number of carboxylic acid groups (broad SMARTS) is 1. The molecular formula is C37H50N2O8. The molecule has 3 aromatic carbocycles. The Kier molecular flexibility index (Phi) is 17.6. The maximum atomic E-state index is 11.7. The van der Waals surface area contributed by atoms with Crippen molar-refractivity contribution in [2.24, 2.45) is 0 Å². The van der Waals surface area contributed by atoms with E-state index in [1.54, 1.807) is 20.2 Å². The van der Waals surface area contributed by atoms with Crippen molar-refractivity contribution in [2.75, 3.05) is 38.8 Å². The van der Waals surface area contributed by atoms with Gasteiger partial charge in [0.25, 0.3) is 0 Å². The Morgan fingerprint density at radius 3 is 2.00 bits per heavy atom. The summed E-state index contributed by atoms with van der Waals surface area (Å²) in [4.78, 5) is 13.9. The SMILES string of the molecule is CCCCCCN(Cc1ccc(C#Cc2ccc(OC)cc2)cc1)c1ccc(C)c(C(=O)O)c1.CNC[C@H](O)[C@@H](O)[C@H](O)[C@H](O)CO.